The number of hydrogen-bond acceptors (Lipinski definition) is 1. The van der Waals surface area contributed by atoms with Crippen molar-refractivity contribution in [3.63, 3.8) is 0 Å². The minimum Gasteiger partial charge on any atom is -0.292 e. The van der Waals surface area contributed by atoms with Gasteiger partial charge >= 0.3 is 0 Å². The normalized spacial score (nSPS) is 11.9. The maximum atomic E-state index is 5.16. The zero-order valence-electron chi connectivity index (χ0n) is 27.7. The molecular weight excluding hydrogens is 617 g/mol. The number of hydrogen-bond donors (Lipinski definition) is 0. The molecule has 0 aliphatic heterocycles. The summed E-state index contributed by atoms with van der Waals surface area (Å²) in [6.45, 7) is 0. The molecule has 2 heteroatoms. The van der Waals surface area contributed by atoms with Crippen LogP contribution >= 0.6 is 0 Å². The van der Waals surface area contributed by atoms with Crippen LogP contribution in [0.1, 0.15) is 0 Å². The summed E-state index contributed by atoms with van der Waals surface area (Å²) in [5.74, 6) is 0.941. The summed E-state index contributed by atoms with van der Waals surface area (Å²) in [6.07, 6.45) is 0. The summed E-state index contributed by atoms with van der Waals surface area (Å²) in [7, 11) is 0. The largest absolute Gasteiger partial charge is 0.292 e. The topological polar surface area (TPSA) is 17.8 Å². The lowest BCUT2D eigenvalue weighted by Crippen LogP contribution is -1.99. The molecule has 0 spiro atoms. The molecule has 0 saturated heterocycles. The average molecular weight is 647 g/mol. The Bertz CT molecular complexity index is 3190. The van der Waals surface area contributed by atoms with Crippen molar-refractivity contribution in [1.29, 1.82) is 0 Å². The van der Waals surface area contributed by atoms with E-state index >= 15 is 0 Å². The molecule has 11 aromatic rings. The molecule has 51 heavy (non-hydrogen) atoms. The molecule has 11 rings (SSSR count). The van der Waals surface area contributed by atoms with Crippen LogP contribution < -0.4 is 0 Å². The van der Waals surface area contributed by atoms with Crippen LogP contribution in [0.3, 0.4) is 0 Å². The zero-order valence-corrected chi connectivity index (χ0v) is 27.7. The summed E-state index contributed by atoms with van der Waals surface area (Å²) in [4.78, 5) is 5.16. The fraction of sp³-hybridized carbons (Fsp3) is 0. The van der Waals surface area contributed by atoms with Crippen molar-refractivity contribution in [2.24, 2.45) is 0 Å². The molecule has 0 atom stereocenters. The fourth-order valence-electron chi connectivity index (χ4n) is 8.59. The van der Waals surface area contributed by atoms with Crippen LogP contribution in [-0.4, -0.2) is 9.55 Å². The molecule has 0 unspecified atom stereocenters. The molecule has 10 aromatic carbocycles. The van der Waals surface area contributed by atoms with Gasteiger partial charge in [0.25, 0.3) is 0 Å². The number of rotatable bonds is 3. The number of fused-ring (bicyclic) bond motifs is 7. The van der Waals surface area contributed by atoms with Gasteiger partial charge in [0.2, 0.25) is 0 Å². The van der Waals surface area contributed by atoms with Crippen molar-refractivity contribution in [2.75, 3.05) is 0 Å². The smallest absolute Gasteiger partial charge is 0.145 e. The van der Waals surface area contributed by atoms with E-state index < -0.39 is 0 Å². The van der Waals surface area contributed by atoms with Gasteiger partial charge in [-0.3, -0.25) is 4.57 Å². The Balaban J connectivity index is 1.27. The van der Waals surface area contributed by atoms with Crippen molar-refractivity contribution in [3.8, 4) is 28.2 Å². The first-order chi connectivity index (χ1) is 25.3. The van der Waals surface area contributed by atoms with Gasteiger partial charge in [-0.2, -0.15) is 0 Å². The Morgan fingerprint density at radius 2 is 0.902 bits per heavy atom. The van der Waals surface area contributed by atoms with Crippen LogP contribution in [0, 0.1) is 0 Å². The Morgan fingerprint density at radius 1 is 0.353 bits per heavy atom. The lowest BCUT2D eigenvalue weighted by Gasteiger charge is -2.19. The minimum absolute atomic E-state index is 0.941. The van der Waals surface area contributed by atoms with E-state index in [1.54, 1.807) is 0 Å². The molecule has 0 N–H and O–H groups in total. The highest BCUT2D eigenvalue weighted by molar-refractivity contribution is 6.34. The van der Waals surface area contributed by atoms with Crippen molar-refractivity contribution in [3.05, 3.63) is 182 Å². The van der Waals surface area contributed by atoms with Crippen LogP contribution in [0.15, 0.2) is 182 Å². The second-order valence-electron chi connectivity index (χ2n) is 13.5. The third kappa shape index (κ3) is 4.08. The molecule has 0 fully saturated rings. The van der Waals surface area contributed by atoms with E-state index in [0.717, 1.165) is 28.1 Å². The Hall–Kier alpha value is -6.77. The van der Waals surface area contributed by atoms with Gasteiger partial charge in [0.15, 0.2) is 0 Å². The molecule has 236 valence electrons. The summed E-state index contributed by atoms with van der Waals surface area (Å²) in [5, 5.41) is 15.2. The summed E-state index contributed by atoms with van der Waals surface area (Å²) in [5.41, 5.74) is 6.75. The highest BCUT2D eigenvalue weighted by Crippen LogP contribution is 2.45. The van der Waals surface area contributed by atoms with Crippen LogP contribution in [0.5, 0.6) is 0 Å². The molecule has 0 aliphatic rings. The Kier molecular flexibility index (Phi) is 5.99. The maximum absolute atomic E-state index is 5.16. The van der Waals surface area contributed by atoms with Crippen molar-refractivity contribution >= 4 is 75.7 Å². The highest BCUT2D eigenvalue weighted by Gasteiger charge is 2.20. The lowest BCUT2D eigenvalue weighted by atomic mass is 9.86. The average Bonchev–Trinajstić information content (AvgIpc) is 3.59. The van der Waals surface area contributed by atoms with Crippen molar-refractivity contribution in [2.45, 2.75) is 0 Å². The molecular formula is C49H30N2. The van der Waals surface area contributed by atoms with Gasteiger partial charge in [-0.25, -0.2) is 4.98 Å². The van der Waals surface area contributed by atoms with Crippen molar-refractivity contribution < 1.29 is 0 Å². The van der Waals surface area contributed by atoms with E-state index in [0.29, 0.717) is 0 Å². The second-order valence-corrected chi connectivity index (χ2v) is 13.5. The monoisotopic (exact) mass is 646 g/mol. The van der Waals surface area contributed by atoms with Crippen LogP contribution in [0.25, 0.3) is 104 Å². The predicted octanol–water partition coefficient (Wildman–Crippen LogP) is 13.3. The number of aromatic nitrogens is 2. The van der Waals surface area contributed by atoms with Gasteiger partial charge in [-0.1, -0.05) is 158 Å². The number of imidazole rings is 1. The van der Waals surface area contributed by atoms with Gasteiger partial charge in [-0.15, -0.1) is 0 Å². The molecule has 0 aliphatic carbocycles. The van der Waals surface area contributed by atoms with Crippen LogP contribution in [-0.2, 0) is 0 Å². The third-order valence-corrected chi connectivity index (χ3v) is 10.8. The van der Waals surface area contributed by atoms with E-state index in [9.17, 15) is 0 Å². The van der Waals surface area contributed by atoms with Gasteiger partial charge in [0.05, 0.1) is 16.7 Å². The van der Waals surface area contributed by atoms with E-state index in [2.05, 4.69) is 187 Å². The first-order valence-corrected chi connectivity index (χ1v) is 17.6. The molecule has 0 radical (unpaired) electrons. The summed E-state index contributed by atoms with van der Waals surface area (Å²) in [6, 6.07) is 66.3. The SMILES string of the molecule is c1ccc(-c2nc3ccccc3n2-c2ccc(-c3cc4cccc5c6ccccc6c6ccccc6c6cccc3c6c45)c3ccccc23)cc1. The quantitative estimate of drug-likeness (QED) is 0.175. The maximum Gasteiger partial charge on any atom is 0.145 e. The molecule has 0 amide bonds. The van der Waals surface area contributed by atoms with Gasteiger partial charge in [0.1, 0.15) is 5.82 Å². The van der Waals surface area contributed by atoms with Crippen LogP contribution in [0.4, 0.5) is 0 Å². The Morgan fingerprint density at radius 3 is 1.65 bits per heavy atom. The van der Waals surface area contributed by atoms with E-state index in [1.165, 1.54) is 75.8 Å². The second kappa shape index (κ2) is 10.9. The summed E-state index contributed by atoms with van der Waals surface area (Å²) >= 11 is 0. The standard InChI is InChI=1S/C49H30N2/c1-2-14-31(15-3-1)49-50-44-26-10-11-27-46(44)51(49)45-29-28-38(35-19-8-9-22-39(35)45)43-30-32-16-12-23-40-36-20-6-4-17-33(36)34-18-5-7-21-37(34)41-24-13-25-42(43)48(41)47(32)40/h1-30H. The predicted molar refractivity (Wildman–Crippen MR) is 217 cm³/mol. The number of benzene rings is 9. The third-order valence-electron chi connectivity index (χ3n) is 10.8. The zero-order chi connectivity index (χ0) is 33.5. The van der Waals surface area contributed by atoms with Gasteiger partial charge in [-0.05, 0) is 94.6 Å². The van der Waals surface area contributed by atoms with Crippen LogP contribution in [0.2, 0.25) is 0 Å². The highest BCUT2D eigenvalue weighted by atomic mass is 15.1. The van der Waals surface area contributed by atoms with Gasteiger partial charge in [0, 0.05) is 10.9 Å². The molecule has 1 heterocycles. The molecule has 0 saturated carbocycles. The van der Waals surface area contributed by atoms with Gasteiger partial charge < -0.3 is 0 Å². The number of nitrogens with zero attached hydrogens (tertiary/aromatic N) is 2. The van der Waals surface area contributed by atoms with E-state index in [1.807, 2.05) is 0 Å². The van der Waals surface area contributed by atoms with Crippen molar-refractivity contribution in [1.82, 2.24) is 9.55 Å². The number of para-hydroxylation sites is 2. The van der Waals surface area contributed by atoms with E-state index in [4.69, 9.17) is 4.98 Å². The Labute approximate surface area is 294 Å². The lowest BCUT2D eigenvalue weighted by molar-refractivity contribution is 1.11. The molecule has 2 nitrogen and oxygen atoms in total. The summed E-state index contributed by atoms with van der Waals surface area (Å²) < 4.78 is 2.33. The van der Waals surface area contributed by atoms with E-state index in [-0.39, 0.29) is 0 Å². The first kappa shape index (κ1) is 28.1. The fourth-order valence-corrected chi connectivity index (χ4v) is 8.59. The molecule has 1 aromatic heterocycles. The minimum atomic E-state index is 0.941. The molecule has 0 bridgehead atoms. The first-order valence-electron chi connectivity index (χ1n) is 17.6.